The number of carbonyl (C=O) groups is 1. The summed E-state index contributed by atoms with van der Waals surface area (Å²) in [7, 11) is 0. The van der Waals surface area contributed by atoms with Crippen LogP contribution in [0.3, 0.4) is 0 Å². The molecular formula is C13H11CsO. The molecule has 0 saturated carbocycles. The van der Waals surface area contributed by atoms with E-state index in [9.17, 15) is 4.79 Å². The SMILES string of the molecule is O=C(c1ccccc1)c1ccccc1.[CsH]. The van der Waals surface area contributed by atoms with Crippen LogP contribution in [-0.2, 0) is 0 Å². The van der Waals surface area contributed by atoms with Gasteiger partial charge in [-0.15, -0.1) is 0 Å². The molecule has 0 fully saturated rings. The molecule has 0 aliphatic rings. The molecule has 0 heterocycles. The standard InChI is InChI=1S/C13H10O.Cs.H/c14-13(11-7-3-1-4-8-11)12-9-5-2-6-10-12;;/h1-10H;;. The van der Waals surface area contributed by atoms with E-state index in [-0.39, 0.29) is 74.7 Å². The van der Waals surface area contributed by atoms with Gasteiger partial charge in [-0.2, -0.15) is 0 Å². The summed E-state index contributed by atoms with van der Waals surface area (Å²) in [6.07, 6.45) is 0. The van der Waals surface area contributed by atoms with E-state index in [4.69, 9.17) is 0 Å². The van der Waals surface area contributed by atoms with Gasteiger partial charge in [0.25, 0.3) is 0 Å². The third-order valence-corrected chi connectivity index (χ3v) is 2.07. The molecule has 0 atom stereocenters. The molecule has 0 unspecified atom stereocenters. The number of hydrogen-bond acceptors (Lipinski definition) is 1. The third kappa shape index (κ3) is 3.59. The predicted octanol–water partition coefficient (Wildman–Crippen LogP) is 2.27. The fourth-order valence-electron chi connectivity index (χ4n) is 1.35. The zero-order valence-corrected chi connectivity index (χ0v) is 7.68. The predicted molar refractivity (Wildman–Crippen MR) is 63.5 cm³/mol. The van der Waals surface area contributed by atoms with Gasteiger partial charge in [0, 0.05) is 11.1 Å². The summed E-state index contributed by atoms with van der Waals surface area (Å²) >= 11 is 0. The second kappa shape index (κ2) is 6.68. The molecule has 2 heteroatoms. The van der Waals surface area contributed by atoms with Crippen LogP contribution in [0.1, 0.15) is 15.9 Å². The number of benzene rings is 2. The Morgan fingerprint density at radius 3 is 1.33 bits per heavy atom. The molecule has 15 heavy (non-hydrogen) atoms. The minimum absolute atomic E-state index is 0. The molecule has 0 saturated heterocycles. The van der Waals surface area contributed by atoms with Crippen LogP contribution >= 0.6 is 0 Å². The first kappa shape index (κ1) is 13.2. The molecule has 1 nitrogen and oxygen atoms in total. The van der Waals surface area contributed by atoms with Gasteiger partial charge in [0.15, 0.2) is 5.78 Å². The molecule has 0 radical (unpaired) electrons. The Bertz CT molecular complexity index is 381. The van der Waals surface area contributed by atoms with Crippen molar-refractivity contribution in [1.82, 2.24) is 0 Å². The molecule has 2 rings (SSSR count). The number of hydrogen-bond donors (Lipinski definition) is 0. The maximum atomic E-state index is 11.8. The first-order valence-corrected chi connectivity index (χ1v) is 4.53. The van der Waals surface area contributed by atoms with Crippen molar-refractivity contribution in [2.75, 3.05) is 0 Å². The van der Waals surface area contributed by atoms with Gasteiger partial charge in [-0.3, -0.25) is 4.79 Å². The summed E-state index contributed by atoms with van der Waals surface area (Å²) in [4.78, 5) is 11.8. The van der Waals surface area contributed by atoms with Crippen LogP contribution in [0.25, 0.3) is 0 Å². The number of ketones is 1. The van der Waals surface area contributed by atoms with Crippen LogP contribution in [0.5, 0.6) is 0 Å². The van der Waals surface area contributed by atoms with E-state index < -0.39 is 0 Å². The summed E-state index contributed by atoms with van der Waals surface area (Å²) in [6, 6.07) is 18.6. The Labute approximate surface area is 148 Å². The molecule has 0 N–H and O–H groups in total. The van der Waals surface area contributed by atoms with Crippen LogP contribution in [0, 0.1) is 0 Å². The summed E-state index contributed by atoms with van der Waals surface area (Å²) in [5.74, 6) is 0.0752. The summed E-state index contributed by atoms with van der Waals surface area (Å²) < 4.78 is 0. The van der Waals surface area contributed by atoms with Gasteiger partial charge >= 0.3 is 68.9 Å². The molecule has 2 aromatic carbocycles. The van der Waals surface area contributed by atoms with Crippen molar-refractivity contribution in [3.05, 3.63) is 71.8 Å². The summed E-state index contributed by atoms with van der Waals surface area (Å²) in [5.41, 5.74) is 1.47. The Kier molecular flexibility index (Phi) is 5.89. The first-order valence-electron chi connectivity index (χ1n) is 4.53. The first-order chi connectivity index (χ1) is 6.88. The zero-order chi connectivity index (χ0) is 9.80. The van der Waals surface area contributed by atoms with E-state index in [1.807, 2.05) is 60.7 Å². The van der Waals surface area contributed by atoms with Gasteiger partial charge < -0.3 is 0 Å². The van der Waals surface area contributed by atoms with Crippen molar-refractivity contribution in [2.24, 2.45) is 0 Å². The molecular weight excluding hydrogens is 305 g/mol. The van der Waals surface area contributed by atoms with Crippen molar-refractivity contribution in [2.45, 2.75) is 0 Å². The second-order valence-electron chi connectivity index (χ2n) is 3.06. The molecule has 0 aliphatic heterocycles. The van der Waals surface area contributed by atoms with Gasteiger partial charge in [0.05, 0.1) is 0 Å². The van der Waals surface area contributed by atoms with Crippen LogP contribution in [-0.4, -0.2) is 74.7 Å². The van der Waals surface area contributed by atoms with Crippen LogP contribution in [0.4, 0.5) is 0 Å². The number of rotatable bonds is 2. The van der Waals surface area contributed by atoms with E-state index in [0.717, 1.165) is 11.1 Å². The maximum absolute atomic E-state index is 11.8. The molecule has 0 amide bonds. The second-order valence-corrected chi connectivity index (χ2v) is 3.06. The third-order valence-electron chi connectivity index (χ3n) is 2.07. The average molecular weight is 316 g/mol. The van der Waals surface area contributed by atoms with Crippen LogP contribution in [0.15, 0.2) is 60.7 Å². The zero-order valence-electron chi connectivity index (χ0n) is 7.68. The topological polar surface area (TPSA) is 17.1 Å². The molecule has 2 aromatic rings. The molecule has 0 spiro atoms. The average Bonchev–Trinajstić information content (AvgIpc) is 2.30. The van der Waals surface area contributed by atoms with Crippen molar-refractivity contribution in [3.63, 3.8) is 0 Å². The fraction of sp³-hybridized carbons (Fsp3) is 0. The van der Waals surface area contributed by atoms with Crippen molar-refractivity contribution in [1.29, 1.82) is 0 Å². The molecule has 70 valence electrons. The van der Waals surface area contributed by atoms with Crippen LogP contribution < -0.4 is 0 Å². The van der Waals surface area contributed by atoms with Gasteiger partial charge in [0.1, 0.15) is 0 Å². The van der Waals surface area contributed by atoms with Crippen LogP contribution in [0.2, 0.25) is 0 Å². The van der Waals surface area contributed by atoms with E-state index in [1.165, 1.54) is 0 Å². The van der Waals surface area contributed by atoms with Crippen molar-refractivity contribution in [3.8, 4) is 0 Å². The quantitative estimate of drug-likeness (QED) is 0.777. The van der Waals surface area contributed by atoms with E-state index in [2.05, 4.69) is 0 Å². The number of carbonyl (C=O) groups excluding carboxylic acids is 1. The van der Waals surface area contributed by atoms with E-state index in [1.54, 1.807) is 0 Å². The summed E-state index contributed by atoms with van der Waals surface area (Å²) in [5, 5.41) is 0. The fourth-order valence-corrected chi connectivity index (χ4v) is 1.35. The van der Waals surface area contributed by atoms with Crippen molar-refractivity contribution < 1.29 is 4.79 Å². The minimum atomic E-state index is 0. The van der Waals surface area contributed by atoms with Crippen molar-refractivity contribution >= 4 is 74.7 Å². The van der Waals surface area contributed by atoms with Gasteiger partial charge in [-0.1, -0.05) is 60.7 Å². The molecule has 0 bridgehead atoms. The Balaban J connectivity index is 0.00000112. The Hall–Kier alpha value is 0.162. The van der Waals surface area contributed by atoms with Gasteiger partial charge in [-0.25, -0.2) is 0 Å². The molecule has 0 aliphatic carbocycles. The van der Waals surface area contributed by atoms with E-state index in [0.29, 0.717) is 0 Å². The summed E-state index contributed by atoms with van der Waals surface area (Å²) in [6.45, 7) is 0. The van der Waals surface area contributed by atoms with Gasteiger partial charge in [0.2, 0.25) is 0 Å². The van der Waals surface area contributed by atoms with Gasteiger partial charge in [-0.05, 0) is 0 Å². The van der Waals surface area contributed by atoms with E-state index >= 15 is 0 Å². The Morgan fingerprint density at radius 2 is 1.00 bits per heavy atom. The molecule has 0 aromatic heterocycles. The Morgan fingerprint density at radius 1 is 0.667 bits per heavy atom. The monoisotopic (exact) mass is 316 g/mol. The normalized spacial score (nSPS) is 9.07.